The number of hydrogen-bond acceptors (Lipinski definition) is 6. The summed E-state index contributed by atoms with van der Waals surface area (Å²) in [6.45, 7) is 0.597. The maximum atomic E-state index is 13.3. The molecule has 0 aliphatic carbocycles. The van der Waals surface area contributed by atoms with Gasteiger partial charge in [-0.05, 0) is 34.0 Å². The van der Waals surface area contributed by atoms with Crippen molar-refractivity contribution < 1.29 is 19.1 Å². The van der Waals surface area contributed by atoms with E-state index in [1.54, 1.807) is 11.0 Å². The smallest absolute Gasteiger partial charge is 0.360 e. The van der Waals surface area contributed by atoms with Crippen LogP contribution in [0.2, 0.25) is 0 Å². The first-order valence-corrected chi connectivity index (χ1v) is 10.1. The van der Waals surface area contributed by atoms with Crippen LogP contribution in [-0.4, -0.2) is 34.9 Å². The van der Waals surface area contributed by atoms with Gasteiger partial charge in [0.15, 0.2) is 11.3 Å². The summed E-state index contributed by atoms with van der Waals surface area (Å²) in [6, 6.07) is 11.0. The molecule has 1 fully saturated rings. The SMILES string of the molecule is COC(=O)c1nc2c(N3CCCC3=O)cc(Br)cn2c(=O)c1OCc1ccccc1. The summed E-state index contributed by atoms with van der Waals surface area (Å²) in [4.78, 5) is 43.9. The number of rotatable bonds is 5. The van der Waals surface area contributed by atoms with Gasteiger partial charge in [-0.2, -0.15) is 0 Å². The Morgan fingerprint density at radius 2 is 2.00 bits per heavy atom. The van der Waals surface area contributed by atoms with Crippen molar-refractivity contribution in [3.63, 3.8) is 0 Å². The lowest BCUT2D eigenvalue weighted by molar-refractivity contribution is -0.117. The van der Waals surface area contributed by atoms with Crippen molar-refractivity contribution in [2.75, 3.05) is 18.6 Å². The number of aromatic nitrogens is 2. The molecule has 3 aromatic rings. The van der Waals surface area contributed by atoms with Crippen LogP contribution in [-0.2, 0) is 16.1 Å². The molecule has 154 valence electrons. The van der Waals surface area contributed by atoms with Gasteiger partial charge in [-0.1, -0.05) is 30.3 Å². The average Bonchev–Trinajstić information content (AvgIpc) is 3.18. The molecule has 1 saturated heterocycles. The van der Waals surface area contributed by atoms with Crippen molar-refractivity contribution >= 4 is 39.1 Å². The van der Waals surface area contributed by atoms with E-state index in [0.717, 1.165) is 5.56 Å². The van der Waals surface area contributed by atoms with Crippen LogP contribution < -0.4 is 15.2 Å². The van der Waals surface area contributed by atoms with Gasteiger partial charge in [-0.25, -0.2) is 9.78 Å². The topological polar surface area (TPSA) is 90.2 Å². The Morgan fingerprint density at radius 1 is 1.23 bits per heavy atom. The van der Waals surface area contributed by atoms with Crippen LogP contribution in [0.25, 0.3) is 5.65 Å². The number of nitrogens with zero attached hydrogens (tertiary/aromatic N) is 3. The number of pyridine rings is 1. The summed E-state index contributed by atoms with van der Waals surface area (Å²) in [5.41, 5.74) is 0.671. The van der Waals surface area contributed by atoms with Gasteiger partial charge in [-0.3, -0.25) is 14.0 Å². The van der Waals surface area contributed by atoms with Crippen molar-refractivity contribution in [1.29, 1.82) is 0 Å². The lowest BCUT2D eigenvalue weighted by Gasteiger charge is -2.19. The molecule has 0 N–H and O–H groups in total. The number of esters is 1. The minimum absolute atomic E-state index is 0.0618. The molecular formula is C21H18BrN3O5. The molecule has 1 aliphatic heterocycles. The average molecular weight is 472 g/mol. The number of halogens is 1. The first-order valence-electron chi connectivity index (χ1n) is 9.31. The van der Waals surface area contributed by atoms with Gasteiger partial charge in [-0.15, -0.1) is 0 Å². The Bertz CT molecular complexity index is 1190. The van der Waals surface area contributed by atoms with Crippen LogP contribution in [0.15, 0.2) is 51.9 Å². The van der Waals surface area contributed by atoms with Gasteiger partial charge in [0, 0.05) is 23.6 Å². The lowest BCUT2D eigenvalue weighted by Crippen LogP contribution is -2.28. The number of carbonyl (C=O) groups excluding carboxylic acids is 2. The fraction of sp³-hybridized carbons (Fsp3) is 0.238. The second kappa shape index (κ2) is 8.27. The molecule has 9 heteroatoms. The van der Waals surface area contributed by atoms with E-state index in [2.05, 4.69) is 20.9 Å². The zero-order valence-corrected chi connectivity index (χ0v) is 17.7. The third-order valence-corrected chi connectivity index (χ3v) is 5.23. The number of ether oxygens (including phenoxy) is 2. The molecule has 2 aromatic heterocycles. The summed E-state index contributed by atoms with van der Waals surface area (Å²) in [6.07, 6.45) is 2.67. The highest BCUT2D eigenvalue weighted by molar-refractivity contribution is 9.10. The van der Waals surface area contributed by atoms with Gasteiger partial charge < -0.3 is 14.4 Å². The zero-order chi connectivity index (χ0) is 21.3. The zero-order valence-electron chi connectivity index (χ0n) is 16.1. The number of fused-ring (bicyclic) bond motifs is 1. The molecule has 0 radical (unpaired) electrons. The molecule has 1 amide bonds. The molecule has 30 heavy (non-hydrogen) atoms. The van der Waals surface area contributed by atoms with Crippen molar-refractivity contribution in [1.82, 2.24) is 9.38 Å². The molecule has 0 saturated carbocycles. The minimum atomic E-state index is -0.792. The van der Waals surface area contributed by atoms with Gasteiger partial charge in [0.2, 0.25) is 11.7 Å². The Kier molecular flexibility index (Phi) is 5.54. The number of methoxy groups -OCH3 is 1. The summed E-state index contributed by atoms with van der Waals surface area (Å²) >= 11 is 3.39. The van der Waals surface area contributed by atoms with Crippen LogP contribution in [0.1, 0.15) is 28.9 Å². The van der Waals surface area contributed by atoms with Crippen molar-refractivity contribution in [3.8, 4) is 5.75 Å². The van der Waals surface area contributed by atoms with E-state index < -0.39 is 11.5 Å². The highest BCUT2D eigenvalue weighted by Gasteiger charge is 2.28. The van der Waals surface area contributed by atoms with Crippen molar-refractivity contribution in [2.24, 2.45) is 0 Å². The molecule has 0 unspecified atom stereocenters. The molecule has 4 rings (SSSR count). The maximum Gasteiger partial charge on any atom is 0.360 e. The summed E-state index contributed by atoms with van der Waals surface area (Å²) in [5, 5.41) is 0. The first-order chi connectivity index (χ1) is 14.5. The third-order valence-electron chi connectivity index (χ3n) is 4.80. The Labute approximate surface area is 180 Å². The number of anilines is 1. The van der Waals surface area contributed by atoms with Crippen molar-refractivity contribution in [3.05, 3.63) is 68.7 Å². The van der Waals surface area contributed by atoms with Crippen LogP contribution >= 0.6 is 15.9 Å². The van der Waals surface area contributed by atoms with Gasteiger partial charge in [0.05, 0.1) is 12.8 Å². The van der Waals surface area contributed by atoms with Gasteiger partial charge >= 0.3 is 11.5 Å². The Morgan fingerprint density at radius 3 is 2.67 bits per heavy atom. The summed E-state index contributed by atoms with van der Waals surface area (Å²) in [5.74, 6) is -1.06. The van der Waals surface area contributed by atoms with Gasteiger partial charge in [0.1, 0.15) is 6.61 Å². The van der Waals surface area contributed by atoms with E-state index >= 15 is 0 Å². The second-order valence-electron chi connectivity index (χ2n) is 6.75. The minimum Gasteiger partial charge on any atom is -0.481 e. The Hall–Kier alpha value is -3.20. The number of benzene rings is 1. The third kappa shape index (κ3) is 3.68. The van der Waals surface area contributed by atoms with Gasteiger partial charge in [0.25, 0.3) is 0 Å². The summed E-state index contributed by atoms with van der Waals surface area (Å²) in [7, 11) is 1.21. The largest absolute Gasteiger partial charge is 0.481 e. The normalized spacial score (nSPS) is 13.7. The second-order valence-corrected chi connectivity index (χ2v) is 7.66. The van der Waals surface area contributed by atoms with Crippen molar-refractivity contribution in [2.45, 2.75) is 19.4 Å². The van der Waals surface area contributed by atoms with E-state index in [1.807, 2.05) is 30.3 Å². The molecule has 0 bridgehead atoms. The lowest BCUT2D eigenvalue weighted by atomic mass is 10.2. The standard InChI is InChI=1S/C21H18BrN3O5/c1-29-21(28)17-18(30-12-13-6-3-2-4-7-13)20(27)25-11-14(22)10-15(19(25)23-17)24-9-5-8-16(24)26/h2-4,6-7,10-11H,5,8-9,12H2,1H3. The van der Waals surface area contributed by atoms with Crippen LogP contribution in [0.3, 0.4) is 0 Å². The van der Waals surface area contributed by atoms with Crippen LogP contribution in [0, 0.1) is 0 Å². The number of carbonyl (C=O) groups is 2. The molecule has 0 spiro atoms. The van der Waals surface area contributed by atoms with E-state index in [9.17, 15) is 14.4 Å². The maximum absolute atomic E-state index is 13.3. The number of hydrogen-bond donors (Lipinski definition) is 0. The predicted octanol–water partition coefficient (Wildman–Crippen LogP) is 2.95. The summed E-state index contributed by atoms with van der Waals surface area (Å²) < 4.78 is 12.4. The van der Waals surface area contributed by atoms with E-state index in [1.165, 1.54) is 17.7 Å². The Balaban J connectivity index is 1.89. The molecular weight excluding hydrogens is 454 g/mol. The fourth-order valence-electron chi connectivity index (χ4n) is 3.37. The molecule has 0 atom stereocenters. The molecule has 8 nitrogen and oxygen atoms in total. The molecule has 1 aliphatic rings. The quantitative estimate of drug-likeness (QED) is 0.531. The first kappa shape index (κ1) is 20.1. The molecule has 3 heterocycles. The fourth-order valence-corrected chi connectivity index (χ4v) is 3.79. The monoisotopic (exact) mass is 471 g/mol. The highest BCUT2D eigenvalue weighted by atomic mass is 79.9. The highest BCUT2D eigenvalue weighted by Crippen LogP contribution is 2.29. The predicted molar refractivity (Wildman–Crippen MR) is 113 cm³/mol. The number of amides is 1. The molecule has 1 aromatic carbocycles. The van der Waals surface area contributed by atoms with Crippen LogP contribution in [0.5, 0.6) is 5.75 Å². The van der Waals surface area contributed by atoms with Crippen LogP contribution in [0.4, 0.5) is 5.69 Å². The van der Waals surface area contributed by atoms with E-state index in [4.69, 9.17) is 9.47 Å². The van der Waals surface area contributed by atoms with E-state index in [0.29, 0.717) is 29.5 Å². The van der Waals surface area contributed by atoms with E-state index in [-0.39, 0.29) is 29.6 Å².